The van der Waals surface area contributed by atoms with Crippen molar-refractivity contribution in [3.63, 3.8) is 0 Å². The lowest BCUT2D eigenvalue weighted by molar-refractivity contribution is -0.143. The molecule has 0 saturated carbocycles. The van der Waals surface area contributed by atoms with Crippen molar-refractivity contribution in [2.24, 2.45) is 0 Å². The first-order valence-electron chi connectivity index (χ1n) is 8.35. The second-order valence-corrected chi connectivity index (χ2v) is 7.29. The maximum atomic E-state index is 12.3. The third-order valence-corrected chi connectivity index (χ3v) is 5.83. The molecular formula is C19H17NO4S. The summed E-state index contributed by atoms with van der Waals surface area (Å²) in [5, 5.41) is 0. The molecule has 6 heteroatoms. The van der Waals surface area contributed by atoms with E-state index in [0.29, 0.717) is 24.3 Å². The van der Waals surface area contributed by atoms with E-state index < -0.39 is 11.9 Å². The first-order chi connectivity index (χ1) is 12.1. The summed E-state index contributed by atoms with van der Waals surface area (Å²) in [6.45, 7) is 0.0308. The Morgan fingerprint density at radius 1 is 1.12 bits per heavy atom. The Hall–Kier alpha value is -2.47. The zero-order valence-electron chi connectivity index (χ0n) is 13.6. The minimum atomic E-state index is -0.503. The van der Waals surface area contributed by atoms with Gasteiger partial charge in [-0.25, -0.2) is 4.79 Å². The highest BCUT2D eigenvalue weighted by Gasteiger charge is 2.28. The summed E-state index contributed by atoms with van der Waals surface area (Å²) in [5.74, 6) is -1.14. The number of thiophene rings is 1. The predicted octanol–water partition coefficient (Wildman–Crippen LogP) is 2.82. The molecule has 1 aliphatic carbocycles. The Labute approximate surface area is 149 Å². The number of aryl methyl sites for hydroxylation is 2. The van der Waals surface area contributed by atoms with Gasteiger partial charge in [0.15, 0.2) is 6.61 Å². The van der Waals surface area contributed by atoms with Crippen molar-refractivity contribution >= 4 is 29.1 Å². The minimum Gasteiger partial charge on any atom is -0.451 e. The Morgan fingerprint density at radius 3 is 2.72 bits per heavy atom. The molecule has 4 rings (SSSR count). The number of likely N-dealkylation sites (tertiary alicyclic amines) is 1. The summed E-state index contributed by atoms with van der Waals surface area (Å²) < 4.78 is 5.14. The summed E-state index contributed by atoms with van der Waals surface area (Å²) in [7, 11) is 0. The summed E-state index contributed by atoms with van der Waals surface area (Å²) in [6.07, 6.45) is 2.92. The van der Waals surface area contributed by atoms with E-state index in [4.69, 9.17) is 4.74 Å². The molecule has 0 unspecified atom stereocenters. The molecule has 1 aromatic carbocycles. The number of amides is 2. The van der Waals surface area contributed by atoms with Crippen LogP contribution in [0.3, 0.4) is 0 Å². The number of rotatable bonds is 3. The van der Waals surface area contributed by atoms with Crippen molar-refractivity contribution in [3.05, 3.63) is 46.3 Å². The number of benzene rings is 1. The van der Waals surface area contributed by atoms with Gasteiger partial charge in [-0.3, -0.25) is 14.5 Å². The van der Waals surface area contributed by atoms with Crippen molar-refractivity contribution in [1.82, 2.24) is 4.90 Å². The largest absolute Gasteiger partial charge is 0.451 e. The van der Waals surface area contributed by atoms with Crippen molar-refractivity contribution in [1.29, 1.82) is 0 Å². The molecule has 0 bridgehead atoms. The predicted molar refractivity (Wildman–Crippen MR) is 93.4 cm³/mol. The molecule has 1 fully saturated rings. The molecule has 0 radical (unpaired) electrons. The number of nitrogens with zero attached hydrogens (tertiary/aromatic N) is 1. The quantitative estimate of drug-likeness (QED) is 0.794. The van der Waals surface area contributed by atoms with E-state index in [0.717, 1.165) is 23.3 Å². The zero-order valence-corrected chi connectivity index (χ0v) is 14.4. The van der Waals surface area contributed by atoms with E-state index >= 15 is 0 Å². The second-order valence-electron chi connectivity index (χ2n) is 6.24. The van der Waals surface area contributed by atoms with Crippen LogP contribution in [0, 0.1) is 0 Å². The van der Waals surface area contributed by atoms with Gasteiger partial charge in [-0.05, 0) is 42.0 Å². The smallest absolute Gasteiger partial charge is 0.348 e. The second kappa shape index (κ2) is 6.44. The fraction of sp³-hybridized carbons (Fsp3) is 0.316. The van der Waals surface area contributed by atoms with Crippen LogP contribution in [0.15, 0.2) is 30.3 Å². The maximum Gasteiger partial charge on any atom is 0.348 e. The van der Waals surface area contributed by atoms with Crippen LogP contribution >= 0.6 is 11.3 Å². The Balaban J connectivity index is 1.46. The third-order valence-electron chi connectivity index (χ3n) is 4.64. The molecule has 2 amide bonds. The van der Waals surface area contributed by atoms with Crippen LogP contribution in [0.4, 0.5) is 0 Å². The van der Waals surface area contributed by atoms with Gasteiger partial charge in [0, 0.05) is 17.8 Å². The van der Waals surface area contributed by atoms with E-state index in [1.807, 2.05) is 18.2 Å². The van der Waals surface area contributed by atoms with Crippen molar-refractivity contribution in [2.45, 2.75) is 25.7 Å². The number of fused-ring (bicyclic) bond motifs is 3. The average molecular weight is 355 g/mol. The van der Waals surface area contributed by atoms with Gasteiger partial charge in [0.25, 0.3) is 5.91 Å². The van der Waals surface area contributed by atoms with Crippen LogP contribution in [-0.2, 0) is 27.2 Å². The zero-order chi connectivity index (χ0) is 17.4. The van der Waals surface area contributed by atoms with E-state index in [9.17, 15) is 14.4 Å². The van der Waals surface area contributed by atoms with Crippen LogP contribution in [-0.4, -0.2) is 35.8 Å². The van der Waals surface area contributed by atoms with Crippen LogP contribution in [0.25, 0.3) is 10.4 Å². The van der Waals surface area contributed by atoms with Gasteiger partial charge in [0.05, 0.1) is 0 Å². The number of carbonyl (C=O) groups excluding carboxylic acids is 3. The van der Waals surface area contributed by atoms with Gasteiger partial charge >= 0.3 is 5.97 Å². The van der Waals surface area contributed by atoms with Crippen LogP contribution in [0.5, 0.6) is 0 Å². The first-order valence-corrected chi connectivity index (χ1v) is 9.16. The molecule has 1 saturated heterocycles. The molecule has 1 aliphatic heterocycles. The highest BCUT2D eigenvalue weighted by atomic mass is 32.1. The molecule has 2 aliphatic rings. The summed E-state index contributed by atoms with van der Waals surface area (Å²) in [5.41, 5.74) is 3.61. The molecule has 1 aromatic heterocycles. The number of carbonyl (C=O) groups is 3. The third kappa shape index (κ3) is 2.98. The number of hydrogen-bond donors (Lipinski definition) is 0. The average Bonchev–Trinajstić information content (AvgIpc) is 3.25. The fourth-order valence-electron chi connectivity index (χ4n) is 3.36. The normalized spacial score (nSPS) is 15.7. The highest BCUT2D eigenvalue weighted by Crippen LogP contribution is 2.39. The summed E-state index contributed by atoms with van der Waals surface area (Å²) in [6, 6.07) is 10.1. The van der Waals surface area contributed by atoms with Gasteiger partial charge < -0.3 is 4.74 Å². The topological polar surface area (TPSA) is 63.7 Å². The van der Waals surface area contributed by atoms with Crippen LogP contribution < -0.4 is 0 Å². The molecule has 0 atom stereocenters. The Morgan fingerprint density at radius 2 is 1.92 bits per heavy atom. The van der Waals surface area contributed by atoms with E-state index in [2.05, 4.69) is 12.1 Å². The molecule has 2 aromatic rings. The van der Waals surface area contributed by atoms with Crippen LogP contribution in [0.2, 0.25) is 0 Å². The van der Waals surface area contributed by atoms with E-state index in [-0.39, 0.29) is 12.5 Å². The molecule has 2 heterocycles. The van der Waals surface area contributed by atoms with Gasteiger partial charge in [-0.1, -0.05) is 24.3 Å². The van der Waals surface area contributed by atoms with Gasteiger partial charge in [-0.15, -0.1) is 11.3 Å². The number of hydrogen-bond acceptors (Lipinski definition) is 5. The fourth-order valence-corrected chi connectivity index (χ4v) is 4.52. The number of esters is 1. The molecule has 0 N–H and O–H groups in total. The van der Waals surface area contributed by atoms with Crippen molar-refractivity contribution in [2.75, 3.05) is 13.2 Å². The monoisotopic (exact) mass is 355 g/mol. The molecule has 25 heavy (non-hydrogen) atoms. The molecule has 5 nitrogen and oxygen atoms in total. The van der Waals surface area contributed by atoms with Crippen LogP contribution in [0.1, 0.15) is 33.6 Å². The molecular weight excluding hydrogens is 338 g/mol. The lowest BCUT2D eigenvalue weighted by atomic mass is 9.91. The summed E-state index contributed by atoms with van der Waals surface area (Å²) >= 11 is 1.40. The minimum absolute atomic E-state index is 0.191. The van der Waals surface area contributed by atoms with E-state index in [1.165, 1.54) is 27.4 Å². The number of ether oxygens (including phenoxy) is 1. The molecule has 128 valence electrons. The SMILES string of the molecule is O=C(OCC(=O)N1CCCC1=O)c1cc2c(s1)-c1ccccc1CC2. The lowest BCUT2D eigenvalue weighted by Gasteiger charge is -2.15. The van der Waals surface area contributed by atoms with Gasteiger partial charge in [0.2, 0.25) is 5.91 Å². The lowest BCUT2D eigenvalue weighted by Crippen LogP contribution is -2.35. The summed E-state index contributed by atoms with van der Waals surface area (Å²) in [4.78, 5) is 38.6. The van der Waals surface area contributed by atoms with Gasteiger partial charge in [0.1, 0.15) is 4.88 Å². The maximum absolute atomic E-state index is 12.3. The van der Waals surface area contributed by atoms with E-state index in [1.54, 1.807) is 0 Å². The molecule has 0 spiro atoms. The van der Waals surface area contributed by atoms with Crippen molar-refractivity contribution < 1.29 is 19.1 Å². The highest BCUT2D eigenvalue weighted by molar-refractivity contribution is 7.17. The standard InChI is InChI=1S/C19H17NO4S/c21-16-6-3-9-20(16)17(22)11-24-19(23)15-10-13-8-7-12-4-1-2-5-14(12)18(13)25-15/h1-2,4-5,10H,3,6-9,11H2. The Bertz CT molecular complexity index is 870. The Kier molecular flexibility index (Phi) is 4.13. The van der Waals surface area contributed by atoms with Gasteiger partial charge in [-0.2, -0.15) is 0 Å². The van der Waals surface area contributed by atoms with Crippen molar-refractivity contribution in [3.8, 4) is 10.4 Å². The number of imide groups is 1. The first kappa shape index (κ1) is 16.0.